The maximum absolute atomic E-state index is 13.1. The van der Waals surface area contributed by atoms with Gasteiger partial charge in [0.05, 0.1) is 24.1 Å². The van der Waals surface area contributed by atoms with E-state index in [0.717, 1.165) is 24.3 Å². The van der Waals surface area contributed by atoms with Gasteiger partial charge in [-0.2, -0.15) is 13.2 Å². The first-order chi connectivity index (χ1) is 19.8. The Morgan fingerprint density at radius 2 is 1.37 bits per heavy atom. The third kappa shape index (κ3) is 11.7. The average molecular weight is 615 g/mol. The maximum Gasteiger partial charge on any atom is 0.416 e. The second-order valence-corrected chi connectivity index (χ2v) is 11.0. The topological polar surface area (TPSA) is 180 Å². The fourth-order valence-corrected chi connectivity index (χ4v) is 3.57. The van der Waals surface area contributed by atoms with Gasteiger partial charge in [-0.25, -0.2) is 0 Å². The molecule has 0 saturated carbocycles. The summed E-state index contributed by atoms with van der Waals surface area (Å²) in [4.78, 5) is 77.3. The van der Waals surface area contributed by atoms with Crippen LogP contribution in [0.4, 0.5) is 13.2 Å². The first-order valence-electron chi connectivity index (χ1n) is 13.6. The van der Waals surface area contributed by atoms with Gasteiger partial charge in [-0.15, -0.1) is 0 Å². The number of ketones is 1. The van der Waals surface area contributed by atoms with Crippen LogP contribution >= 0.6 is 0 Å². The Morgan fingerprint density at radius 3 is 1.84 bits per heavy atom. The molecule has 0 aliphatic carbocycles. The third-order valence-corrected chi connectivity index (χ3v) is 6.49. The molecule has 1 rings (SSSR count). The summed E-state index contributed by atoms with van der Waals surface area (Å²) in [6, 6.07) is -0.872. The van der Waals surface area contributed by atoms with Crippen molar-refractivity contribution in [2.45, 2.75) is 77.9 Å². The third-order valence-electron chi connectivity index (χ3n) is 6.49. The van der Waals surface area contributed by atoms with Crippen LogP contribution in [0.5, 0.6) is 0 Å². The number of rotatable bonds is 14. The van der Waals surface area contributed by atoms with Crippen LogP contribution in [0.1, 0.15) is 52.2 Å². The number of nitrogens with one attached hydrogen (secondary N) is 4. The van der Waals surface area contributed by atoms with E-state index in [1.807, 2.05) is 0 Å². The molecule has 0 heterocycles. The van der Waals surface area contributed by atoms with Crippen LogP contribution in [0.15, 0.2) is 24.3 Å². The van der Waals surface area contributed by atoms with Gasteiger partial charge in [0.2, 0.25) is 29.4 Å². The van der Waals surface area contributed by atoms with Gasteiger partial charge < -0.3 is 31.9 Å². The number of nitrogens with zero attached hydrogens (tertiary/aromatic N) is 1. The van der Waals surface area contributed by atoms with Crippen LogP contribution < -0.4 is 27.0 Å². The molecule has 0 aliphatic heterocycles. The van der Waals surface area contributed by atoms with Crippen LogP contribution in [0, 0.1) is 11.8 Å². The molecule has 1 aromatic rings. The molecule has 1 unspecified atom stereocenters. The summed E-state index contributed by atoms with van der Waals surface area (Å²) in [5.41, 5.74) is 5.31. The van der Waals surface area contributed by atoms with Crippen molar-refractivity contribution in [3.8, 4) is 0 Å². The standard InChI is InChI=1S/C28H41F3N6O6/c1-14(2)21(32)25(41)36-22(15(3)4)26(42)35-19(12-20(38)37(6)7)24(40)34-16(5)23(39)27(43)33-13-17-8-10-18(11-9-17)28(29,30)31/h8-11,14-16,19,21-22H,12-13,32H2,1-7H3,(H,33,43)(H,34,40)(H,35,42)(H,36,41)/t16?,19-,21-,22-/m0/s1. The predicted octanol–water partition coefficient (Wildman–Crippen LogP) is 0.483. The van der Waals surface area contributed by atoms with Gasteiger partial charge in [-0.3, -0.25) is 28.8 Å². The molecule has 0 fully saturated rings. The Hall–Kier alpha value is -4.01. The van der Waals surface area contributed by atoms with Gasteiger partial charge in [0.1, 0.15) is 12.1 Å². The van der Waals surface area contributed by atoms with E-state index >= 15 is 0 Å². The largest absolute Gasteiger partial charge is 0.416 e. The smallest absolute Gasteiger partial charge is 0.349 e. The van der Waals surface area contributed by atoms with Crippen LogP contribution in [-0.2, 0) is 41.5 Å². The molecule has 15 heteroatoms. The minimum atomic E-state index is -4.52. The van der Waals surface area contributed by atoms with Gasteiger partial charge >= 0.3 is 6.18 Å². The predicted molar refractivity (Wildman–Crippen MR) is 151 cm³/mol. The van der Waals surface area contributed by atoms with Crippen molar-refractivity contribution in [3.05, 3.63) is 35.4 Å². The molecule has 0 radical (unpaired) electrons. The molecule has 0 spiro atoms. The van der Waals surface area contributed by atoms with Crippen LogP contribution in [0.25, 0.3) is 0 Å². The lowest BCUT2D eigenvalue weighted by atomic mass is 9.99. The van der Waals surface area contributed by atoms with Crippen molar-refractivity contribution in [3.63, 3.8) is 0 Å². The number of amides is 5. The summed E-state index contributed by atoms with van der Waals surface area (Å²) >= 11 is 0. The molecule has 1 aromatic carbocycles. The van der Waals surface area contributed by atoms with Gasteiger partial charge in [-0.1, -0.05) is 39.8 Å². The summed E-state index contributed by atoms with van der Waals surface area (Å²) in [5, 5.41) is 9.60. The number of halogens is 3. The maximum atomic E-state index is 13.1. The van der Waals surface area contributed by atoms with E-state index < -0.39 is 83.6 Å². The van der Waals surface area contributed by atoms with Gasteiger partial charge in [-0.05, 0) is 36.5 Å². The second-order valence-electron chi connectivity index (χ2n) is 11.0. The Labute approximate surface area is 248 Å². The summed E-state index contributed by atoms with van der Waals surface area (Å²) in [6.07, 6.45) is -5.01. The lowest BCUT2D eigenvalue weighted by Crippen LogP contribution is -2.59. The molecule has 43 heavy (non-hydrogen) atoms. The van der Waals surface area contributed by atoms with E-state index in [2.05, 4.69) is 21.3 Å². The van der Waals surface area contributed by atoms with Crippen LogP contribution in [0.3, 0.4) is 0 Å². The lowest BCUT2D eigenvalue weighted by Gasteiger charge is -2.27. The number of Topliss-reactive ketones (excluding diaryl/α,β-unsaturated/α-hetero) is 1. The zero-order valence-electron chi connectivity index (χ0n) is 25.3. The highest BCUT2D eigenvalue weighted by atomic mass is 19.4. The van der Waals surface area contributed by atoms with Gasteiger partial charge in [0.15, 0.2) is 0 Å². The van der Waals surface area contributed by atoms with E-state index in [1.165, 1.54) is 25.9 Å². The van der Waals surface area contributed by atoms with Crippen molar-refractivity contribution in [2.75, 3.05) is 14.1 Å². The van der Waals surface area contributed by atoms with Gasteiger partial charge in [0.25, 0.3) is 5.91 Å². The number of benzene rings is 1. The molecule has 12 nitrogen and oxygen atoms in total. The number of nitrogens with two attached hydrogens (primary N) is 1. The zero-order chi connectivity index (χ0) is 33.2. The molecule has 0 saturated heterocycles. The molecule has 5 amide bonds. The Morgan fingerprint density at radius 1 is 0.814 bits per heavy atom. The second kappa shape index (κ2) is 16.0. The van der Waals surface area contributed by atoms with Crippen molar-refractivity contribution >= 4 is 35.3 Å². The molecule has 0 bridgehead atoms. The molecule has 4 atom stereocenters. The Kier molecular flexibility index (Phi) is 13.8. The summed E-state index contributed by atoms with van der Waals surface area (Å²) in [6.45, 7) is 7.76. The fraction of sp³-hybridized carbons (Fsp3) is 0.571. The number of carbonyl (C=O) groups is 6. The molecular formula is C28H41F3N6O6. The molecule has 0 aliphatic rings. The molecular weight excluding hydrogens is 573 g/mol. The van der Waals surface area contributed by atoms with Gasteiger partial charge in [0, 0.05) is 20.6 Å². The Balaban J connectivity index is 2.95. The Bertz CT molecular complexity index is 1170. The number of alkyl halides is 3. The highest BCUT2D eigenvalue weighted by Gasteiger charge is 2.34. The van der Waals surface area contributed by atoms with Crippen molar-refractivity contribution in [1.82, 2.24) is 26.2 Å². The highest BCUT2D eigenvalue weighted by Crippen LogP contribution is 2.29. The number of hydrogen-bond acceptors (Lipinski definition) is 7. The first-order valence-corrected chi connectivity index (χ1v) is 13.6. The fourth-order valence-electron chi connectivity index (χ4n) is 3.57. The average Bonchev–Trinajstić information content (AvgIpc) is 2.92. The van der Waals surface area contributed by atoms with E-state index in [4.69, 9.17) is 5.73 Å². The van der Waals surface area contributed by atoms with E-state index in [-0.39, 0.29) is 12.5 Å². The first kappa shape index (κ1) is 37.0. The number of hydrogen-bond donors (Lipinski definition) is 5. The summed E-state index contributed by atoms with van der Waals surface area (Å²) in [5.74, 6) is -5.62. The molecule has 0 aromatic heterocycles. The van der Waals surface area contributed by atoms with Crippen molar-refractivity contribution < 1.29 is 41.9 Å². The minimum absolute atomic E-state index is 0.210. The minimum Gasteiger partial charge on any atom is -0.349 e. The van der Waals surface area contributed by atoms with E-state index in [9.17, 15) is 41.9 Å². The van der Waals surface area contributed by atoms with Crippen LogP contribution in [0.2, 0.25) is 0 Å². The van der Waals surface area contributed by atoms with Crippen LogP contribution in [-0.4, -0.2) is 78.5 Å². The lowest BCUT2D eigenvalue weighted by molar-refractivity contribution is -0.141. The monoisotopic (exact) mass is 614 g/mol. The zero-order valence-corrected chi connectivity index (χ0v) is 25.3. The highest BCUT2D eigenvalue weighted by molar-refractivity contribution is 6.38. The van der Waals surface area contributed by atoms with Crippen molar-refractivity contribution in [1.29, 1.82) is 0 Å². The van der Waals surface area contributed by atoms with E-state index in [0.29, 0.717) is 5.56 Å². The SMILES string of the molecule is CC(NC(=O)[C@H](CC(=O)N(C)C)NC(=O)[C@@H](NC(=O)[C@@H](N)C(C)C)C(C)C)C(=O)C(=O)NCc1ccc(C(F)(F)F)cc1. The van der Waals surface area contributed by atoms with E-state index in [1.54, 1.807) is 27.7 Å². The summed E-state index contributed by atoms with van der Waals surface area (Å²) < 4.78 is 38.2. The molecule has 6 N–H and O–H groups in total. The molecule has 240 valence electrons. The number of carbonyl (C=O) groups excluding carboxylic acids is 6. The summed E-state index contributed by atoms with van der Waals surface area (Å²) in [7, 11) is 2.88. The van der Waals surface area contributed by atoms with Crippen molar-refractivity contribution in [2.24, 2.45) is 17.6 Å². The normalized spacial score (nSPS) is 14.3. The quantitative estimate of drug-likeness (QED) is 0.189.